The average molecular weight is 606 g/mol. The van der Waals surface area contributed by atoms with Crippen molar-refractivity contribution in [3.8, 4) is 0 Å². The first kappa shape index (κ1) is 28.4. The Morgan fingerprint density at radius 3 is 1.79 bits per heavy atom. The number of amides is 3. The minimum Gasteiger partial charge on any atom is -0.462 e. The summed E-state index contributed by atoms with van der Waals surface area (Å²) in [5.74, 6) is -3.44. The molecule has 1 saturated heterocycles. The van der Waals surface area contributed by atoms with Gasteiger partial charge in [-0.25, -0.2) is 4.79 Å². The molecule has 0 saturated carbocycles. The first-order valence-electron chi connectivity index (χ1n) is 14.2. The summed E-state index contributed by atoms with van der Waals surface area (Å²) in [5, 5.41) is 2.77. The predicted octanol–water partition coefficient (Wildman–Crippen LogP) is 5.96. The molecule has 0 spiro atoms. The van der Waals surface area contributed by atoms with Crippen LogP contribution in [-0.4, -0.2) is 41.7 Å². The van der Waals surface area contributed by atoms with Crippen molar-refractivity contribution in [3.63, 3.8) is 0 Å². The van der Waals surface area contributed by atoms with E-state index in [1.165, 1.54) is 0 Å². The summed E-state index contributed by atoms with van der Waals surface area (Å²) in [6, 6.07) is 21.3. The van der Waals surface area contributed by atoms with E-state index < -0.39 is 39.4 Å². The molecule has 0 unspecified atom stereocenters. The Morgan fingerprint density at radius 2 is 1.31 bits per heavy atom. The molecule has 3 aromatic rings. The number of hydrogen-bond acceptors (Lipinski definition) is 5. The Balaban J connectivity index is 1.16. The molecule has 2 atom stereocenters. The Labute approximate surface area is 254 Å². The Kier molecular flexibility index (Phi) is 7.36. The van der Waals surface area contributed by atoms with Crippen LogP contribution in [0.3, 0.4) is 0 Å². The third kappa shape index (κ3) is 4.24. The van der Waals surface area contributed by atoms with Crippen LogP contribution in [0.15, 0.2) is 72.8 Å². The van der Waals surface area contributed by atoms with Crippen molar-refractivity contribution in [2.75, 3.05) is 18.5 Å². The van der Waals surface area contributed by atoms with Crippen molar-refractivity contribution in [2.45, 2.75) is 42.4 Å². The third-order valence-electron chi connectivity index (χ3n) is 8.62. The second-order valence-electron chi connectivity index (χ2n) is 11.0. The van der Waals surface area contributed by atoms with E-state index >= 15 is 0 Å². The van der Waals surface area contributed by atoms with Crippen LogP contribution in [0.25, 0.3) is 0 Å². The van der Waals surface area contributed by atoms with E-state index in [2.05, 4.69) is 12.2 Å². The van der Waals surface area contributed by atoms with Crippen LogP contribution in [0, 0.1) is 11.8 Å². The third-order valence-corrected chi connectivity index (χ3v) is 9.91. The van der Waals surface area contributed by atoms with Gasteiger partial charge in [0, 0.05) is 18.7 Å². The quantitative estimate of drug-likeness (QED) is 0.141. The number of anilines is 1. The number of benzene rings is 3. The fourth-order valence-electron chi connectivity index (χ4n) is 6.67. The van der Waals surface area contributed by atoms with Crippen molar-refractivity contribution in [1.29, 1.82) is 0 Å². The van der Waals surface area contributed by atoms with Crippen LogP contribution in [0.5, 0.6) is 0 Å². The van der Waals surface area contributed by atoms with Gasteiger partial charge in [0.25, 0.3) is 0 Å². The first-order chi connectivity index (χ1) is 20.2. The standard InChI is InChI=1S/C33H30Cl2N2O5/c1-2-3-8-19-42-31(41)20-13-15-21(16-14-20)36-26(38)17-18-37-29(39)27-28(30(37)40)33(35)23-10-5-4-9-22(23)32(27,34)24-11-6-7-12-25(24)33/h4-7,9-16,27-28H,2-3,8,17-19H2,1H3,(H,36,38)/t27-,28+,32?,33?. The van der Waals surface area contributed by atoms with Crippen LogP contribution < -0.4 is 5.32 Å². The molecule has 3 aliphatic carbocycles. The van der Waals surface area contributed by atoms with Crippen molar-refractivity contribution < 1.29 is 23.9 Å². The molecule has 1 heterocycles. The Bertz CT molecular complexity index is 1470. The molecule has 1 aliphatic heterocycles. The highest BCUT2D eigenvalue weighted by molar-refractivity contribution is 6.36. The van der Waals surface area contributed by atoms with E-state index in [0.717, 1.165) is 46.4 Å². The highest BCUT2D eigenvalue weighted by atomic mass is 35.5. The molecule has 216 valence electrons. The lowest BCUT2D eigenvalue weighted by Gasteiger charge is -2.54. The number of hydrogen-bond donors (Lipinski definition) is 1. The largest absolute Gasteiger partial charge is 0.462 e. The molecule has 1 N–H and O–H groups in total. The van der Waals surface area contributed by atoms with E-state index in [1.807, 2.05) is 48.5 Å². The van der Waals surface area contributed by atoms with Gasteiger partial charge in [-0.05, 0) is 52.9 Å². The van der Waals surface area contributed by atoms with Gasteiger partial charge in [0.05, 0.1) is 24.0 Å². The number of ether oxygens (including phenoxy) is 1. The van der Waals surface area contributed by atoms with Crippen LogP contribution in [0.2, 0.25) is 0 Å². The number of carbonyl (C=O) groups is 4. The molecule has 1 fully saturated rings. The van der Waals surface area contributed by atoms with Gasteiger partial charge in [-0.15, -0.1) is 23.2 Å². The summed E-state index contributed by atoms with van der Waals surface area (Å²) in [6.07, 6.45) is 2.74. The van der Waals surface area contributed by atoms with Gasteiger partial charge >= 0.3 is 5.97 Å². The van der Waals surface area contributed by atoms with Crippen molar-refractivity contribution in [1.82, 2.24) is 4.90 Å². The molecule has 3 aromatic carbocycles. The van der Waals surface area contributed by atoms with Gasteiger partial charge in [-0.2, -0.15) is 0 Å². The number of unbranched alkanes of at least 4 members (excludes halogenated alkanes) is 2. The van der Waals surface area contributed by atoms with Crippen molar-refractivity contribution in [3.05, 3.63) is 101 Å². The molecule has 9 heteroatoms. The van der Waals surface area contributed by atoms with Gasteiger partial charge in [0.1, 0.15) is 9.75 Å². The van der Waals surface area contributed by atoms with Gasteiger partial charge in [-0.3, -0.25) is 19.3 Å². The minimum absolute atomic E-state index is 0.106. The highest BCUT2D eigenvalue weighted by Crippen LogP contribution is 2.69. The van der Waals surface area contributed by atoms with Gasteiger partial charge in [-0.1, -0.05) is 68.3 Å². The lowest BCUT2D eigenvalue weighted by atomic mass is 9.54. The second kappa shape index (κ2) is 10.9. The monoisotopic (exact) mass is 604 g/mol. The minimum atomic E-state index is -1.25. The van der Waals surface area contributed by atoms with Gasteiger partial charge < -0.3 is 10.1 Å². The maximum Gasteiger partial charge on any atom is 0.338 e. The fourth-order valence-corrected chi connectivity index (χ4v) is 7.77. The number of esters is 1. The number of nitrogens with zero attached hydrogens (tertiary/aromatic N) is 1. The van der Waals surface area contributed by atoms with E-state index in [0.29, 0.717) is 17.9 Å². The zero-order chi connectivity index (χ0) is 29.6. The average Bonchev–Trinajstić information content (AvgIpc) is 3.27. The zero-order valence-corrected chi connectivity index (χ0v) is 24.6. The maximum absolute atomic E-state index is 13.9. The summed E-state index contributed by atoms with van der Waals surface area (Å²) in [7, 11) is 0. The van der Waals surface area contributed by atoms with Crippen LogP contribution in [-0.2, 0) is 28.9 Å². The SMILES string of the molecule is CCCCCOC(=O)c1ccc(NC(=O)CCN2C(=O)[C@@H]3[C@H](C2=O)C2(Cl)c4ccccc4C3(Cl)c3ccccc32)cc1. The second-order valence-corrected chi connectivity index (χ2v) is 12.2. The lowest BCUT2D eigenvalue weighted by molar-refractivity contribution is -0.140. The molecule has 0 radical (unpaired) electrons. The predicted molar refractivity (Wildman–Crippen MR) is 159 cm³/mol. The number of rotatable bonds is 9. The fraction of sp³-hybridized carbons (Fsp3) is 0.333. The summed E-state index contributed by atoms with van der Waals surface area (Å²) < 4.78 is 5.27. The van der Waals surface area contributed by atoms with E-state index in [-0.39, 0.29) is 18.9 Å². The first-order valence-corrected chi connectivity index (χ1v) is 15.0. The lowest BCUT2D eigenvalue weighted by Crippen LogP contribution is -2.57. The van der Waals surface area contributed by atoms with E-state index in [1.54, 1.807) is 24.3 Å². The molecule has 3 amide bonds. The smallest absolute Gasteiger partial charge is 0.338 e. The van der Waals surface area contributed by atoms with Gasteiger partial charge in [0.2, 0.25) is 17.7 Å². The van der Waals surface area contributed by atoms with E-state index in [4.69, 9.17) is 27.9 Å². The summed E-state index contributed by atoms with van der Waals surface area (Å²) in [5.41, 5.74) is 3.80. The normalized spacial score (nSPS) is 25.1. The number of alkyl halides is 2. The molecule has 7 nitrogen and oxygen atoms in total. The van der Waals surface area contributed by atoms with Gasteiger partial charge in [0.15, 0.2) is 0 Å². The molecule has 42 heavy (non-hydrogen) atoms. The molecule has 2 bridgehead atoms. The number of carbonyl (C=O) groups excluding carboxylic acids is 4. The molecular formula is C33H30Cl2N2O5. The van der Waals surface area contributed by atoms with Crippen molar-refractivity contribution in [2.24, 2.45) is 11.8 Å². The van der Waals surface area contributed by atoms with Crippen LogP contribution >= 0.6 is 23.2 Å². The Morgan fingerprint density at radius 1 is 0.810 bits per heavy atom. The zero-order valence-electron chi connectivity index (χ0n) is 23.1. The number of likely N-dealkylation sites (tertiary alicyclic amines) is 1. The Hall–Kier alpha value is -3.68. The molecule has 4 aliphatic rings. The highest BCUT2D eigenvalue weighted by Gasteiger charge is 2.72. The van der Waals surface area contributed by atoms with E-state index in [9.17, 15) is 19.2 Å². The van der Waals surface area contributed by atoms with Crippen molar-refractivity contribution >= 4 is 52.6 Å². The summed E-state index contributed by atoms with van der Waals surface area (Å²) >= 11 is 14.8. The van der Waals surface area contributed by atoms with Crippen LogP contribution in [0.4, 0.5) is 5.69 Å². The maximum atomic E-state index is 13.9. The molecule has 7 rings (SSSR count). The molecule has 0 aromatic heterocycles. The number of imide groups is 1. The number of nitrogens with one attached hydrogen (secondary N) is 1. The molecular weight excluding hydrogens is 575 g/mol. The topological polar surface area (TPSA) is 92.8 Å². The number of halogens is 2. The summed E-state index contributed by atoms with van der Waals surface area (Å²) in [4.78, 5) is 51.4. The summed E-state index contributed by atoms with van der Waals surface area (Å²) in [6.45, 7) is 2.34. The van der Waals surface area contributed by atoms with Crippen LogP contribution in [0.1, 0.15) is 65.2 Å².